The zero-order chi connectivity index (χ0) is 27.0. The number of rotatable bonds is 6. The maximum atomic E-state index is 13.3. The van der Waals surface area contributed by atoms with Crippen LogP contribution < -0.4 is 27.2 Å². The van der Waals surface area contributed by atoms with Crippen LogP contribution >= 0.6 is 0 Å². The lowest BCUT2D eigenvalue weighted by molar-refractivity contribution is -0.118. The summed E-state index contributed by atoms with van der Waals surface area (Å²) < 4.78 is 3.00. The number of carbonyl (C=O) groups excluding carboxylic acids is 2. The molecule has 0 bridgehead atoms. The normalized spacial score (nSPS) is 19.6. The second-order valence-electron chi connectivity index (χ2n) is 11.0. The number of nitrogens with one attached hydrogen (secondary N) is 3. The molecule has 1 saturated heterocycles. The van der Waals surface area contributed by atoms with Crippen molar-refractivity contribution < 1.29 is 9.59 Å². The van der Waals surface area contributed by atoms with Crippen molar-refractivity contribution in [2.45, 2.75) is 65.1 Å². The van der Waals surface area contributed by atoms with Crippen molar-refractivity contribution in [1.29, 1.82) is 0 Å². The van der Waals surface area contributed by atoms with Crippen molar-refractivity contribution in [2.24, 2.45) is 5.92 Å². The Kier molecular flexibility index (Phi) is 7.14. The fraction of sp³-hybridized carbons (Fsp3) is 0.500. The first-order valence-electron chi connectivity index (χ1n) is 13.5. The molecule has 0 radical (unpaired) electrons. The number of allylic oxidation sites excluding steroid dienone is 2. The van der Waals surface area contributed by atoms with Gasteiger partial charge in [0.1, 0.15) is 0 Å². The van der Waals surface area contributed by atoms with E-state index in [9.17, 15) is 19.2 Å². The highest BCUT2D eigenvalue weighted by molar-refractivity contribution is 5.95. The summed E-state index contributed by atoms with van der Waals surface area (Å²) >= 11 is 0. The number of aromatic nitrogens is 2. The van der Waals surface area contributed by atoms with Crippen LogP contribution in [0.15, 0.2) is 51.2 Å². The molecular weight excluding hydrogens is 484 g/mol. The largest absolute Gasteiger partial charge is 0.386 e. The maximum Gasteiger partial charge on any atom is 0.331 e. The van der Waals surface area contributed by atoms with Crippen LogP contribution in [0.1, 0.15) is 52.5 Å². The number of hydrogen-bond donors (Lipinski definition) is 3. The highest BCUT2D eigenvalue weighted by atomic mass is 16.2. The van der Waals surface area contributed by atoms with E-state index in [1.165, 1.54) is 4.57 Å². The lowest BCUT2D eigenvalue weighted by Crippen LogP contribution is -2.51. The number of carbonyl (C=O) groups is 2. The Labute approximate surface area is 221 Å². The van der Waals surface area contributed by atoms with Gasteiger partial charge in [0.2, 0.25) is 5.91 Å². The van der Waals surface area contributed by atoms with Crippen molar-refractivity contribution in [3.63, 3.8) is 0 Å². The Morgan fingerprint density at radius 2 is 1.95 bits per heavy atom. The predicted octanol–water partition coefficient (Wildman–Crippen LogP) is 2.70. The lowest BCUT2D eigenvalue weighted by atomic mass is 10.0. The van der Waals surface area contributed by atoms with Crippen molar-refractivity contribution in [3.8, 4) is 0 Å². The summed E-state index contributed by atoms with van der Waals surface area (Å²) in [7, 11) is 0. The lowest BCUT2D eigenvalue weighted by Gasteiger charge is -2.33. The van der Waals surface area contributed by atoms with Crippen LogP contribution in [0.5, 0.6) is 0 Å². The monoisotopic (exact) mass is 520 g/mol. The Morgan fingerprint density at radius 3 is 2.66 bits per heavy atom. The molecule has 3 aliphatic rings. The molecule has 1 aromatic heterocycles. The van der Waals surface area contributed by atoms with Crippen LogP contribution in [0.25, 0.3) is 10.9 Å². The number of anilines is 1. The average molecular weight is 521 g/mol. The van der Waals surface area contributed by atoms with Gasteiger partial charge in [0.25, 0.3) is 5.56 Å². The van der Waals surface area contributed by atoms with E-state index < -0.39 is 0 Å². The average Bonchev–Trinajstić information content (AvgIpc) is 3.71. The molecule has 1 aromatic carbocycles. The van der Waals surface area contributed by atoms with Crippen molar-refractivity contribution in [1.82, 2.24) is 24.7 Å². The second kappa shape index (κ2) is 10.5. The zero-order valence-electron chi connectivity index (χ0n) is 22.3. The molecule has 0 spiro atoms. The molecule has 38 heavy (non-hydrogen) atoms. The molecule has 1 saturated carbocycles. The molecule has 3 heterocycles. The Bertz CT molecular complexity index is 1450. The highest BCUT2D eigenvalue weighted by Gasteiger charge is 2.27. The minimum absolute atomic E-state index is 0.114. The van der Waals surface area contributed by atoms with Gasteiger partial charge < -0.3 is 20.9 Å². The number of dihydropyridines is 1. The first-order valence-corrected chi connectivity index (χ1v) is 13.5. The standard InChI is InChI=1S/C28H36N6O4/c1-17(2)34-24-9-8-21(12-23(24)26(36)33(28(34)38)15-19-6-7-19)31-27(37)32-10-4-5-22(16-32)30-25(35)20-11-18(3)13-29-14-20/h8-9,11-13,17,19,22,29H,4-7,10,14-16H2,1-3H3,(H,30,35)(H,31,37). The summed E-state index contributed by atoms with van der Waals surface area (Å²) in [4.78, 5) is 54.0. The highest BCUT2D eigenvalue weighted by Crippen LogP contribution is 2.30. The smallest absolute Gasteiger partial charge is 0.331 e. The van der Waals surface area contributed by atoms with Crippen molar-refractivity contribution >= 4 is 28.5 Å². The zero-order valence-corrected chi connectivity index (χ0v) is 22.3. The van der Waals surface area contributed by atoms with Crippen molar-refractivity contribution in [3.05, 3.63) is 62.5 Å². The third-order valence-electron chi connectivity index (χ3n) is 7.43. The first kappa shape index (κ1) is 25.8. The third kappa shape index (κ3) is 5.39. The predicted molar refractivity (Wildman–Crippen MR) is 147 cm³/mol. The molecule has 1 aliphatic carbocycles. The summed E-state index contributed by atoms with van der Waals surface area (Å²) in [5.74, 6) is 0.255. The van der Waals surface area contributed by atoms with Gasteiger partial charge in [-0.25, -0.2) is 9.59 Å². The third-order valence-corrected chi connectivity index (χ3v) is 7.43. The van der Waals surface area contributed by atoms with Crippen LogP contribution in [0.4, 0.5) is 10.5 Å². The van der Waals surface area contributed by atoms with Gasteiger partial charge in [0.05, 0.1) is 10.9 Å². The quantitative estimate of drug-likeness (QED) is 0.542. The fourth-order valence-electron chi connectivity index (χ4n) is 5.27. The summed E-state index contributed by atoms with van der Waals surface area (Å²) in [6, 6.07) is 4.59. The molecule has 202 valence electrons. The molecule has 1 unspecified atom stereocenters. The van der Waals surface area contributed by atoms with Crippen LogP contribution in [0, 0.1) is 5.92 Å². The van der Waals surface area contributed by atoms with Crippen LogP contribution in [-0.2, 0) is 11.3 Å². The number of nitrogens with zero attached hydrogens (tertiary/aromatic N) is 3. The molecule has 10 nitrogen and oxygen atoms in total. The van der Waals surface area contributed by atoms with Gasteiger partial charge in [-0.1, -0.05) is 0 Å². The van der Waals surface area contributed by atoms with Gasteiger partial charge >= 0.3 is 11.7 Å². The number of amides is 3. The van der Waals surface area contributed by atoms with Crippen LogP contribution in [-0.4, -0.2) is 51.6 Å². The number of likely N-dealkylation sites (tertiary alicyclic amines) is 1. The molecule has 3 N–H and O–H groups in total. The van der Waals surface area contributed by atoms with Gasteiger partial charge in [-0.05, 0) is 88.4 Å². The Hall–Kier alpha value is -3.82. The molecule has 2 aromatic rings. The summed E-state index contributed by atoms with van der Waals surface area (Å²) in [5.41, 5.74) is 2.13. The molecule has 2 aliphatic heterocycles. The number of hydrogen-bond acceptors (Lipinski definition) is 5. The van der Waals surface area contributed by atoms with E-state index in [4.69, 9.17) is 0 Å². The molecule has 3 amide bonds. The maximum absolute atomic E-state index is 13.3. The molecule has 5 rings (SSSR count). The molecule has 10 heteroatoms. The van der Waals surface area contributed by atoms with Gasteiger partial charge in [0.15, 0.2) is 0 Å². The second-order valence-corrected chi connectivity index (χ2v) is 11.0. The Balaban J connectivity index is 1.32. The van der Waals surface area contributed by atoms with E-state index in [1.54, 1.807) is 27.7 Å². The van der Waals surface area contributed by atoms with E-state index in [2.05, 4.69) is 16.0 Å². The van der Waals surface area contributed by atoms with E-state index in [1.807, 2.05) is 33.0 Å². The molecular formula is C28H36N6O4. The number of urea groups is 1. The van der Waals surface area contributed by atoms with E-state index in [0.29, 0.717) is 54.3 Å². The minimum atomic E-state index is -0.317. The van der Waals surface area contributed by atoms with Gasteiger partial charge in [-0.15, -0.1) is 0 Å². The molecule has 1 atom stereocenters. The topological polar surface area (TPSA) is 117 Å². The van der Waals surface area contributed by atoms with Gasteiger partial charge in [0, 0.05) is 49.5 Å². The van der Waals surface area contributed by atoms with E-state index >= 15 is 0 Å². The minimum Gasteiger partial charge on any atom is -0.386 e. The van der Waals surface area contributed by atoms with Gasteiger partial charge in [-0.2, -0.15) is 0 Å². The Morgan fingerprint density at radius 1 is 1.16 bits per heavy atom. The van der Waals surface area contributed by atoms with Crippen LogP contribution in [0.2, 0.25) is 0 Å². The number of piperidine rings is 1. The number of benzene rings is 1. The van der Waals surface area contributed by atoms with E-state index in [-0.39, 0.29) is 35.3 Å². The summed E-state index contributed by atoms with van der Waals surface area (Å²) in [6.45, 7) is 7.68. The summed E-state index contributed by atoms with van der Waals surface area (Å²) in [6.07, 6.45) is 7.39. The first-order chi connectivity index (χ1) is 18.2. The van der Waals surface area contributed by atoms with Crippen molar-refractivity contribution in [2.75, 3.05) is 25.0 Å². The fourth-order valence-corrected chi connectivity index (χ4v) is 5.27. The SMILES string of the molecule is CC1=CNCC(C(=O)NC2CCCN(C(=O)Nc3ccc4c(c3)c(=O)n(CC3CC3)c(=O)n4C(C)C)C2)=C1. The number of fused-ring (bicyclic) bond motifs is 1. The molecule has 2 fully saturated rings. The van der Waals surface area contributed by atoms with Crippen LogP contribution in [0.3, 0.4) is 0 Å². The van der Waals surface area contributed by atoms with E-state index in [0.717, 1.165) is 31.3 Å². The summed E-state index contributed by atoms with van der Waals surface area (Å²) in [5, 5.41) is 9.50. The van der Waals surface area contributed by atoms with Gasteiger partial charge in [-0.3, -0.25) is 18.7 Å².